The Kier molecular flexibility index (Phi) is 4.92. The first kappa shape index (κ1) is 15.8. The molecule has 0 radical (unpaired) electrons. The van der Waals surface area contributed by atoms with Gasteiger partial charge in [-0.15, -0.1) is 0 Å². The number of nitrogens with one attached hydrogen (secondary N) is 2. The van der Waals surface area contributed by atoms with Crippen LogP contribution in [0.3, 0.4) is 0 Å². The fourth-order valence-corrected chi connectivity index (χ4v) is 1.31. The van der Waals surface area contributed by atoms with Gasteiger partial charge in [-0.3, -0.25) is 0 Å². The molecule has 0 fully saturated rings. The molecule has 0 unspecified atom stereocenters. The van der Waals surface area contributed by atoms with Crippen LogP contribution in [0.2, 0.25) is 0 Å². The van der Waals surface area contributed by atoms with E-state index in [9.17, 15) is 22.8 Å². The summed E-state index contributed by atoms with van der Waals surface area (Å²) in [6.07, 6.45) is -1.41. The second-order valence-electron chi connectivity index (χ2n) is 3.90. The molecule has 1 aromatic rings. The maximum atomic E-state index is 13.2. The first-order valence-electron chi connectivity index (χ1n) is 5.35. The van der Waals surface area contributed by atoms with Crippen molar-refractivity contribution in [3.05, 3.63) is 29.6 Å². The zero-order valence-corrected chi connectivity index (χ0v) is 10.2. The van der Waals surface area contributed by atoms with E-state index >= 15 is 0 Å². The zero-order chi connectivity index (χ0) is 15.4. The van der Waals surface area contributed by atoms with Crippen LogP contribution in [0.15, 0.2) is 12.1 Å². The number of carbonyl (C=O) groups excluding carboxylic acids is 1. The predicted octanol–water partition coefficient (Wildman–Crippen LogP) is 1.06. The number of aliphatic carboxylic acids is 1. The van der Waals surface area contributed by atoms with Gasteiger partial charge in [0, 0.05) is 12.1 Å². The molecule has 0 spiro atoms. The van der Waals surface area contributed by atoms with E-state index < -0.39 is 47.3 Å². The van der Waals surface area contributed by atoms with E-state index in [0.29, 0.717) is 6.07 Å². The standard InChI is InChI=1S/C11H11F3N2O4/c1-4(17)9(10(18)19)16-11(20)15-8-3-6(13)5(12)2-7(8)14/h2-4,9,17H,1H3,(H,18,19)(H2,15,16,20)/t4-,9+/m1/s1. The average Bonchev–Trinajstić information content (AvgIpc) is 2.32. The number of amides is 2. The fourth-order valence-electron chi connectivity index (χ4n) is 1.31. The first-order valence-corrected chi connectivity index (χ1v) is 5.35. The quantitative estimate of drug-likeness (QED) is 0.624. The van der Waals surface area contributed by atoms with Crippen LogP contribution in [0.5, 0.6) is 0 Å². The van der Waals surface area contributed by atoms with Gasteiger partial charge in [-0.25, -0.2) is 22.8 Å². The molecule has 9 heteroatoms. The molecule has 0 aliphatic rings. The van der Waals surface area contributed by atoms with Gasteiger partial charge in [0.1, 0.15) is 5.82 Å². The summed E-state index contributed by atoms with van der Waals surface area (Å²) in [6.45, 7) is 1.12. The van der Waals surface area contributed by atoms with Crippen molar-refractivity contribution < 1.29 is 33.0 Å². The van der Waals surface area contributed by atoms with Gasteiger partial charge in [0.25, 0.3) is 0 Å². The van der Waals surface area contributed by atoms with E-state index in [0.717, 1.165) is 6.92 Å². The molecular weight excluding hydrogens is 281 g/mol. The monoisotopic (exact) mass is 292 g/mol. The SMILES string of the molecule is C[C@@H](O)[C@H](NC(=O)Nc1cc(F)c(F)cc1F)C(=O)O. The molecule has 110 valence electrons. The van der Waals surface area contributed by atoms with Crippen LogP contribution in [0, 0.1) is 17.5 Å². The predicted molar refractivity (Wildman–Crippen MR) is 61.6 cm³/mol. The van der Waals surface area contributed by atoms with Crippen LogP contribution in [0.4, 0.5) is 23.7 Å². The lowest BCUT2D eigenvalue weighted by atomic mass is 10.2. The summed E-state index contributed by atoms with van der Waals surface area (Å²) < 4.78 is 38.8. The normalized spacial score (nSPS) is 13.4. The van der Waals surface area contributed by atoms with Crippen molar-refractivity contribution in [3.8, 4) is 0 Å². The third-order valence-electron chi connectivity index (χ3n) is 2.29. The number of aliphatic hydroxyl groups is 1. The van der Waals surface area contributed by atoms with Crippen molar-refractivity contribution in [2.75, 3.05) is 5.32 Å². The van der Waals surface area contributed by atoms with Gasteiger partial charge in [-0.2, -0.15) is 0 Å². The van der Waals surface area contributed by atoms with Gasteiger partial charge in [-0.05, 0) is 6.92 Å². The Balaban J connectivity index is 2.81. The lowest BCUT2D eigenvalue weighted by molar-refractivity contribution is -0.141. The number of urea groups is 1. The highest BCUT2D eigenvalue weighted by molar-refractivity contribution is 5.92. The molecule has 0 aromatic heterocycles. The van der Waals surface area contributed by atoms with Crippen molar-refractivity contribution in [1.29, 1.82) is 0 Å². The van der Waals surface area contributed by atoms with E-state index in [4.69, 9.17) is 10.2 Å². The van der Waals surface area contributed by atoms with Crippen molar-refractivity contribution in [3.63, 3.8) is 0 Å². The molecule has 0 heterocycles. The van der Waals surface area contributed by atoms with E-state index in [1.807, 2.05) is 10.6 Å². The molecule has 0 saturated heterocycles. The molecule has 1 aromatic carbocycles. The van der Waals surface area contributed by atoms with Gasteiger partial charge in [0.05, 0.1) is 11.8 Å². The Labute approximate surface area is 111 Å². The Morgan fingerprint density at radius 2 is 1.70 bits per heavy atom. The Hall–Kier alpha value is -2.29. The van der Waals surface area contributed by atoms with Gasteiger partial charge in [0.2, 0.25) is 0 Å². The fraction of sp³-hybridized carbons (Fsp3) is 0.273. The highest BCUT2D eigenvalue weighted by atomic mass is 19.2. The number of carboxylic acids is 1. The molecule has 20 heavy (non-hydrogen) atoms. The number of anilines is 1. The topological polar surface area (TPSA) is 98.7 Å². The molecule has 6 nitrogen and oxygen atoms in total. The van der Waals surface area contributed by atoms with Gasteiger partial charge in [-0.1, -0.05) is 0 Å². The number of carboxylic acid groups (broad SMARTS) is 1. The minimum absolute atomic E-state index is 0.230. The summed E-state index contributed by atoms with van der Waals surface area (Å²) in [5.74, 6) is -5.56. The summed E-state index contributed by atoms with van der Waals surface area (Å²) in [5, 5.41) is 21.5. The summed E-state index contributed by atoms with van der Waals surface area (Å²) in [4.78, 5) is 22.1. The summed E-state index contributed by atoms with van der Waals surface area (Å²) >= 11 is 0. The van der Waals surface area contributed by atoms with Crippen LogP contribution >= 0.6 is 0 Å². The number of hydrogen-bond donors (Lipinski definition) is 4. The van der Waals surface area contributed by atoms with E-state index in [-0.39, 0.29) is 6.07 Å². The Morgan fingerprint density at radius 1 is 1.15 bits per heavy atom. The van der Waals surface area contributed by atoms with Gasteiger partial charge >= 0.3 is 12.0 Å². The Morgan fingerprint density at radius 3 is 2.20 bits per heavy atom. The molecular formula is C11H11F3N2O4. The van der Waals surface area contributed by atoms with Crippen molar-refractivity contribution in [2.24, 2.45) is 0 Å². The van der Waals surface area contributed by atoms with Gasteiger partial charge in [0.15, 0.2) is 17.7 Å². The highest BCUT2D eigenvalue weighted by Crippen LogP contribution is 2.18. The first-order chi connectivity index (χ1) is 9.22. The number of aliphatic hydroxyl groups excluding tert-OH is 1. The molecule has 1 rings (SSSR count). The van der Waals surface area contributed by atoms with E-state index in [1.165, 1.54) is 0 Å². The van der Waals surface area contributed by atoms with Gasteiger partial charge < -0.3 is 20.8 Å². The second-order valence-corrected chi connectivity index (χ2v) is 3.90. The van der Waals surface area contributed by atoms with Crippen LogP contribution in [-0.2, 0) is 4.79 Å². The number of rotatable bonds is 4. The molecule has 0 aliphatic carbocycles. The molecule has 0 saturated carbocycles. The largest absolute Gasteiger partial charge is 0.480 e. The lowest BCUT2D eigenvalue weighted by Crippen LogP contribution is -2.49. The van der Waals surface area contributed by atoms with Crippen LogP contribution in [-0.4, -0.2) is 34.4 Å². The number of carbonyl (C=O) groups is 2. The summed E-state index contributed by atoms with van der Waals surface area (Å²) in [7, 11) is 0. The number of hydrogen-bond acceptors (Lipinski definition) is 3. The zero-order valence-electron chi connectivity index (χ0n) is 10.2. The van der Waals surface area contributed by atoms with Crippen molar-refractivity contribution in [2.45, 2.75) is 19.1 Å². The van der Waals surface area contributed by atoms with Crippen molar-refractivity contribution >= 4 is 17.7 Å². The molecule has 4 N–H and O–H groups in total. The molecule has 0 aliphatic heterocycles. The molecule has 2 amide bonds. The maximum Gasteiger partial charge on any atom is 0.328 e. The molecule has 0 bridgehead atoms. The summed E-state index contributed by atoms with van der Waals surface area (Å²) in [6, 6.07) is -2.19. The van der Waals surface area contributed by atoms with E-state index in [2.05, 4.69) is 0 Å². The van der Waals surface area contributed by atoms with Crippen LogP contribution < -0.4 is 10.6 Å². The Bertz CT molecular complexity index is 537. The smallest absolute Gasteiger partial charge is 0.328 e. The lowest BCUT2D eigenvalue weighted by Gasteiger charge is -2.17. The third-order valence-corrected chi connectivity index (χ3v) is 2.29. The number of halogens is 3. The average molecular weight is 292 g/mol. The minimum atomic E-state index is -1.64. The van der Waals surface area contributed by atoms with Crippen molar-refractivity contribution in [1.82, 2.24) is 5.32 Å². The van der Waals surface area contributed by atoms with E-state index in [1.54, 1.807) is 0 Å². The maximum absolute atomic E-state index is 13.2. The third kappa shape index (κ3) is 3.85. The van der Waals surface area contributed by atoms with Crippen LogP contribution in [0.1, 0.15) is 6.92 Å². The summed E-state index contributed by atoms with van der Waals surface area (Å²) in [5.41, 5.74) is -0.670. The number of benzene rings is 1. The second kappa shape index (κ2) is 6.24. The molecule has 2 atom stereocenters. The van der Waals surface area contributed by atoms with Crippen LogP contribution in [0.25, 0.3) is 0 Å². The highest BCUT2D eigenvalue weighted by Gasteiger charge is 2.25. The minimum Gasteiger partial charge on any atom is -0.480 e.